The van der Waals surface area contributed by atoms with E-state index in [-0.39, 0.29) is 0 Å². The largest absolute Gasteiger partial charge is 0.383 e. The molecule has 0 saturated heterocycles. The Morgan fingerprint density at radius 1 is 1.25 bits per heavy atom. The lowest BCUT2D eigenvalue weighted by Gasteiger charge is -2.32. The Morgan fingerprint density at radius 3 is 2.75 bits per heavy atom. The molecule has 0 bridgehead atoms. The topological polar surface area (TPSA) is 85.0 Å². The second-order valence-electron chi connectivity index (χ2n) is 7.99. The molecule has 7 heteroatoms. The Hall–Kier alpha value is -2.22. The molecule has 0 aliphatic heterocycles. The van der Waals surface area contributed by atoms with Gasteiger partial charge in [-0.15, -0.1) is 10.2 Å². The summed E-state index contributed by atoms with van der Waals surface area (Å²) in [5.41, 5.74) is 9.73. The molecule has 2 aromatic heterocycles. The molecule has 1 fully saturated rings. The molecule has 3 aromatic rings. The lowest BCUT2D eigenvalue weighted by atomic mass is 9.80. The number of benzene rings is 1. The number of nitrogens with two attached hydrogens (primary N) is 1. The van der Waals surface area contributed by atoms with E-state index in [1.807, 2.05) is 0 Å². The zero-order chi connectivity index (χ0) is 19.7. The molecule has 150 valence electrons. The number of aromatic amines is 1. The SMILES string of the molecule is COCCn1c(CN(C)Cc2[nH]c3ccccc3c2C)nnc1C1CC(N)C1. The van der Waals surface area contributed by atoms with E-state index in [2.05, 4.69) is 62.9 Å². The average molecular weight is 383 g/mol. The maximum atomic E-state index is 5.98. The average Bonchev–Trinajstić information content (AvgIpc) is 3.18. The van der Waals surface area contributed by atoms with Gasteiger partial charge in [-0.1, -0.05) is 18.2 Å². The van der Waals surface area contributed by atoms with Crippen LogP contribution in [0.1, 0.15) is 41.7 Å². The Bertz CT molecular complexity index is 940. The smallest absolute Gasteiger partial charge is 0.147 e. The number of H-pyrrole nitrogens is 1. The summed E-state index contributed by atoms with van der Waals surface area (Å²) in [6, 6.07) is 8.75. The van der Waals surface area contributed by atoms with Crippen molar-refractivity contribution in [3.63, 3.8) is 0 Å². The minimum Gasteiger partial charge on any atom is -0.383 e. The van der Waals surface area contributed by atoms with Gasteiger partial charge in [0.05, 0.1) is 13.2 Å². The third kappa shape index (κ3) is 3.70. The van der Waals surface area contributed by atoms with Crippen LogP contribution in [0.25, 0.3) is 10.9 Å². The number of nitrogens with zero attached hydrogens (tertiary/aromatic N) is 4. The number of hydrogen-bond acceptors (Lipinski definition) is 5. The first-order chi connectivity index (χ1) is 13.6. The highest BCUT2D eigenvalue weighted by atomic mass is 16.5. The van der Waals surface area contributed by atoms with Crippen LogP contribution >= 0.6 is 0 Å². The monoisotopic (exact) mass is 382 g/mol. The first-order valence-electron chi connectivity index (χ1n) is 9.98. The minimum absolute atomic E-state index is 0.300. The van der Waals surface area contributed by atoms with Crippen molar-refractivity contribution < 1.29 is 4.74 Å². The first kappa shape index (κ1) is 19.1. The van der Waals surface area contributed by atoms with Gasteiger partial charge in [-0.2, -0.15) is 0 Å². The number of hydrogen-bond donors (Lipinski definition) is 2. The molecule has 0 unspecified atom stereocenters. The highest BCUT2D eigenvalue weighted by Crippen LogP contribution is 2.35. The number of ether oxygens (including phenoxy) is 1. The highest BCUT2D eigenvalue weighted by molar-refractivity contribution is 5.84. The van der Waals surface area contributed by atoms with E-state index in [9.17, 15) is 0 Å². The Balaban J connectivity index is 1.50. The number of aryl methyl sites for hydroxylation is 1. The second kappa shape index (κ2) is 8.03. The van der Waals surface area contributed by atoms with E-state index in [4.69, 9.17) is 10.5 Å². The quantitative estimate of drug-likeness (QED) is 0.625. The summed E-state index contributed by atoms with van der Waals surface area (Å²) in [5.74, 6) is 2.47. The molecule has 7 nitrogen and oxygen atoms in total. The number of aromatic nitrogens is 4. The van der Waals surface area contributed by atoms with Gasteiger partial charge in [0, 0.05) is 48.8 Å². The second-order valence-corrected chi connectivity index (χ2v) is 7.99. The van der Waals surface area contributed by atoms with E-state index >= 15 is 0 Å². The minimum atomic E-state index is 0.300. The fourth-order valence-electron chi connectivity index (χ4n) is 4.13. The summed E-state index contributed by atoms with van der Waals surface area (Å²) in [4.78, 5) is 5.84. The van der Waals surface area contributed by atoms with E-state index in [1.165, 1.54) is 22.2 Å². The number of fused-ring (bicyclic) bond motifs is 1. The number of methoxy groups -OCH3 is 1. The van der Waals surface area contributed by atoms with Gasteiger partial charge < -0.3 is 20.0 Å². The van der Waals surface area contributed by atoms with Crippen molar-refractivity contribution in [1.29, 1.82) is 0 Å². The molecule has 4 rings (SSSR count). The molecule has 1 aliphatic carbocycles. The third-order valence-electron chi connectivity index (χ3n) is 5.82. The molecule has 0 radical (unpaired) electrons. The predicted octanol–water partition coefficient (Wildman–Crippen LogP) is 2.55. The van der Waals surface area contributed by atoms with Crippen molar-refractivity contribution in [2.24, 2.45) is 5.73 Å². The van der Waals surface area contributed by atoms with Gasteiger partial charge in [-0.25, -0.2) is 0 Å². The van der Waals surface area contributed by atoms with E-state index < -0.39 is 0 Å². The van der Waals surface area contributed by atoms with Crippen molar-refractivity contribution >= 4 is 10.9 Å². The molecule has 1 aliphatic rings. The zero-order valence-electron chi connectivity index (χ0n) is 17.0. The Kier molecular flexibility index (Phi) is 5.48. The number of nitrogens with one attached hydrogen (secondary N) is 1. The summed E-state index contributed by atoms with van der Waals surface area (Å²) in [5, 5.41) is 10.3. The van der Waals surface area contributed by atoms with Crippen LogP contribution in [0.3, 0.4) is 0 Å². The van der Waals surface area contributed by atoms with Crippen LogP contribution < -0.4 is 5.73 Å². The van der Waals surface area contributed by atoms with Crippen LogP contribution in [-0.2, 0) is 24.4 Å². The molecule has 28 heavy (non-hydrogen) atoms. The van der Waals surface area contributed by atoms with Crippen LogP contribution in [0, 0.1) is 6.92 Å². The summed E-state index contributed by atoms with van der Waals surface area (Å²) < 4.78 is 7.54. The predicted molar refractivity (Wildman–Crippen MR) is 110 cm³/mol. The number of para-hydroxylation sites is 1. The molecule has 0 spiro atoms. The molecule has 1 saturated carbocycles. The van der Waals surface area contributed by atoms with E-state index in [0.29, 0.717) is 18.6 Å². The highest BCUT2D eigenvalue weighted by Gasteiger charge is 2.32. The molecule has 2 heterocycles. The fourth-order valence-corrected chi connectivity index (χ4v) is 4.13. The van der Waals surface area contributed by atoms with E-state index in [1.54, 1.807) is 7.11 Å². The summed E-state index contributed by atoms with van der Waals surface area (Å²) in [6.45, 7) is 5.19. The van der Waals surface area contributed by atoms with Crippen molar-refractivity contribution in [3.8, 4) is 0 Å². The fraction of sp³-hybridized carbons (Fsp3) is 0.524. The summed E-state index contributed by atoms with van der Waals surface area (Å²) in [7, 11) is 3.85. The standard InChI is InChI=1S/C21H30N6O/c1-14-17-6-4-5-7-18(17)23-19(14)12-26(2)13-20-24-25-21(15-10-16(22)11-15)27(20)8-9-28-3/h4-7,15-16,23H,8-13,22H2,1-3H3. The zero-order valence-corrected chi connectivity index (χ0v) is 17.0. The van der Waals surface area contributed by atoms with Gasteiger partial charge in [0.25, 0.3) is 0 Å². The third-order valence-corrected chi connectivity index (χ3v) is 5.82. The first-order valence-corrected chi connectivity index (χ1v) is 9.98. The van der Waals surface area contributed by atoms with Crippen LogP contribution in [-0.4, -0.2) is 51.5 Å². The van der Waals surface area contributed by atoms with E-state index in [0.717, 1.165) is 44.1 Å². The van der Waals surface area contributed by atoms with Crippen molar-refractivity contribution in [3.05, 3.63) is 47.2 Å². The van der Waals surface area contributed by atoms with Gasteiger partial charge in [0.1, 0.15) is 11.6 Å². The van der Waals surface area contributed by atoms with Gasteiger partial charge >= 0.3 is 0 Å². The van der Waals surface area contributed by atoms with Crippen LogP contribution in [0.4, 0.5) is 0 Å². The van der Waals surface area contributed by atoms with Crippen molar-refractivity contribution in [1.82, 2.24) is 24.6 Å². The lowest BCUT2D eigenvalue weighted by Crippen LogP contribution is -2.36. The molecular formula is C21H30N6O. The summed E-state index contributed by atoms with van der Waals surface area (Å²) >= 11 is 0. The van der Waals surface area contributed by atoms with Gasteiger partial charge in [0.15, 0.2) is 0 Å². The summed E-state index contributed by atoms with van der Waals surface area (Å²) in [6.07, 6.45) is 1.99. The van der Waals surface area contributed by atoms with Gasteiger partial charge in [-0.05, 0) is 38.4 Å². The molecule has 0 atom stereocenters. The Morgan fingerprint density at radius 2 is 2.04 bits per heavy atom. The van der Waals surface area contributed by atoms with Crippen molar-refractivity contribution in [2.45, 2.75) is 51.4 Å². The molecule has 1 aromatic carbocycles. The van der Waals surface area contributed by atoms with Crippen LogP contribution in [0.5, 0.6) is 0 Å². The van der Waals surface area contributed by atoms with Crippen LogP contribution in [0.15, 0.2) is 24.3 Å². The van der Waals surface area contributed by atoms with Crippen LogP contribution in [0.2, 0.25) is 0 Å². The maximum absolute atomic E-state index is 5.98. The lowest BCUT2D eigenvalue weighted by molar-refractivity contribution is 0.181. The molecule has 3 N–H and O–H groups in total. The molecular weight excluding hydrogens is 352 g/mol. The maximum Gasteiger partial charge on any atom is 0.147 e. The normalized spacial score (nSPS) is 19.5. The van der Waals surface area contributed by atoms with Crippen molar-refractivity contribution in [2.75, 3.05) is 20.8 Å². The van der Waals surface area contributed by atoms with Gasteiger partial charge in [-0.3, -0.25) is 4.90 Å². The van der Waals surface area contributed by atoms with Gasteiger partial charge in [0.2, 0.25) is 0 Å². The molecule has 0 amide bonds. The number of rotatable bonds is 8. The Labute approximate surface area is 165 Å².